The first-order valence-electron chi connectivity index (χ1n) is 5.54. The number of nitrogens with zero attached hydrogens (tertiary/aromatic N) is 2. The molecule has 0 aromatic carbocycles. The summed E-state index contributed by atoms with van der Waals surface area (Å²) in [5.74, 6) is 0. The van der Waals surface area contributed by atoms with Crippen LogP contribution in [-0.4, -0.2) is 24.7 Å². The predicted octanol–water partition coefficient (Wildman–Crippen LogP) is 2.18. The molecule has 0 saturated carbocycles. The number of anilines is 1. The summed E-state index contributed by atoms with van der Waals surface area (Å²) in [6, 6.07) is 3.83. The van der Waals surface area contributed by atoms with Gasteiger partial charge in [0.1, 0.15) is 6.07 Å². The monoisotopic (exact) mass is 219 g/mol. The SMILES string of the molecule is CCCOCCCNc1cnccc1C#N. The van der Waals surface area contributed by atoms with Gasteiger partial charge in [-0.2, -0.15) is 5.26 Å². The number of rotatable bonds is 7. The van der Waals surface area contributed by atoms with Crippen molar-refractivity contribution in [3.05, 3.63) is 24.0 Å². The molecule has 1 N–H and O–H groups in total. The zero-order valence-corrected chi connectivity index (χ0v) is 9.57. The van der Waals surface area contributed by atoms with Crippen LogP contribution in [0.4, 0.5) is 5.69 Å². The highest BCUT2D eigenvalue weighted by molar-refractivity contribution is 5.55. The number of hydrogen-bond donors (Lipinski definition) is 1. The molecule has 0 aliphatic heterocycles. The minimum Gasteiger partial charge on any atom is -0.383 e. The van der Waals surface area contributed by atoms with Gasteiger partial charge >= 0.3 is 0 Å². The van der Waals surface area contributed by atoms with Gasteiger partial charge in [-0.15, -0.1) is 0 Å². The Morgan fingerprint density at radius 2 is 2.38 bits per heavy atom. The van der Waals surface area contributed by atoms with Gasteiger partial charge in [0.05, 0.1) is 17.4 Å². The first-order valence-corrected chi connectivity index (χ1v) is 5.54. The molecule has 0 amide bonds. The van der Waals surface area contributed by atoms with Crippen molar-refractivity contribution >= 4 is 5.69 Å². The molecule has 4 nitrogen and oxygen atoms in total. The summed E-state index contributed by atoms with van der Waals surface area (Å²) in [5, 5.41) is 12.0. The molecule has 1 rings (SSSR count). The normalized spacial score (nSPS) is 9.75. The van der Waals surface area contributed by atoms with E-state index >= 15 is 0 Å². The molecule has 0 aliphatic carbocycles. The first kappa shape index (κ1) is 12.5. The van der Waals surface area contributed by atoms with Gasteiger partial charge in [-0.3, -0.25) is 4.98 Å². The standard InChI is InChI=1S/C12H17N3O/c1-2-7-16-8-3-5-15-12-10-14-6-4-11(12)9-13/h4,6,10,15H,2-3,5,7-8H2,1H3. The predicted molar refractivity (Wildman–Crippen MR) is 63.2 cm³/mol. The highest BCUT2D eigenvalue weighted by Crippen LogP contribution is 2.11. The van der Waals surface area contributed by atoms with Gasteiger partial charge in [-0.05, 0) is 18.9 Å². The van der Waals surface area contributed by atoms with Crippen LogP contribution in [0.1, 0.15) is 25.3 Å². The maximum Gasteiger partial charge on any atom is 0.101 e. The van der Waals surface area contributed by atoms with E-state index < -0.39 is 0 Å². The molecule has 16 heavy (non-hydrogen) atoms. The van der Waals surface area contributed by atoms with E-state index in [2.05, 4.69) is 23.3 Å². The Balaban J connectivity index is 2.24. The van der Waals surface area contributed by atoms with Crippen molar-refractivity contribution in [1.82, 2.24) is 4.98 Å². The fraction of sp³-hybridized carbons (Fsp3) is 0.500. The van der Waals surface area contributed by atoms with Gasteiger partial charge in [-0.1, -0.05) is 6.92 Å². The summed E-state index contributed by atoms with van der Waals surface area (Å²) < 4.78 is 5.36. The van der Waals surface area contributed by atoms with Crippen molar-refractivity contribution in [2.75, 3.05) is 25.1 Å². The number of nitriles is 1. The van der Waals surface area contributed by atoms with Crippen molar-refractivity contribution in [1.29, 1.82) is 5.26 Å². The lowest BCUT2D eigenvalue weighted by Gasteiger charge is -2.07. The molecule has 1 aromatic rings. The third-order valence-corrected chi connectivity index (χ3v) is 2.07. The topological polar surface area (TPSA) is 57.9 Å². The molecule has 1 aromatic heterocycles. The van der Waals surface area contributed by atoms with E-state index in [1.807, 2.05) is 0 Å². The summed E-state index contributed by atoms with van der Waals surface area (Å²) in [7, 11) is 0. The van der Waals surface area contributed by atoms with Gasteiger partial charge < -0.3 is 10.1 Å². The molecular formula is C12H17N3O. The van der Waals surface area contributed by atoms with Gasteiger partial charge in [0, 0.05) is 26.0 Å². The molecule has 0 aliphatic rings. The van der Waals surface area contributed by atoms with E-state index in [9.17, 15) is 0 Å². The summed E-state index contributed by atoms with van der Waals surface area (Å²) in [6.45, 7) is 4.45. The van der Waals surface area contributed by atoms with E-state index in [-0.39, 0.29) is 0 Å². The van der Waals surface area contributed by atoms with Crippen molar-refractivity contribution in [3.63, 3.8) is 0 Å². The van der Waals surface area contributed by atoms with Crippen LogP contribution in [0, 0.1) is 11.3 Å². The Morgan fingerprint density at radius 3 is 3.12 bits per heavy atom. The van der Waals surface area contributed by atoms with Crippen molar-refractivity contribution in [2.45, 2.75) is 19.8 Å². The summed E-state index contributed by atoms with van der Waals surface area (Å²) in [4.78, 5) is 3.98. The number of nitrogens with one attached hydrogen (secondary N) is 1. The summed E-state index contributed by atoms with van der Waals surface area (Å²) in [6.07, 6.45) is 5.27. The fourth-order valence-electron chi connectivity index (χ4n) is 1.28. The lowest BCUT2D eigenvalue weighted by Crippen LogP contribution is -2.07. The Morgan fingerprint density at radius 1 is 1.50 bits per heavy atom. The Labute approximate surface area is 96.3 Å². The number of aromatic nitrogens is 1. The molecule has 0 spiro atoms. The second-order valence-corrected chi connectivity index (χ2v) is 3.43. The van der Waals surface area contributed by atoms with Gasteiger partial charge in [0.15, 0.2) is 0 Å². The number of ether oxygens (including phenoxy) is 1. The van der Waals surface area contributed by atoms with Crippen LogP contribution in [0.5, 0.6) is 0 Å². The second-order valence-electron chi connectivity index (χ2n) is 3.43. The first-order chi connectivity index (χ1) is 7.88. The largest absolute Gasteiger partial charge is 0.383 e. The maximum absolute atomic E-state index is 8.85. The van der Waals surface area contributed by atoms with Crippen LogP contribution in [0.3, 0.4) is 0 Å². The molecule has 86 valence electrons. The highest BCUT2D eigenvalue weighted by Gasteiger charge is 1.99. The minimum absolute atomic E-state index is 0.629. The van der Waals surface area contributed by atoms with E-state index in [0.717, 1.165) is 38.3 Å². The number of pyridine rings is 1. The minimum atomic E-state index is 0.629. The van der Waals surface area contributed by atoms with Crippen LogP contribution in [0.15, 0.2) is 18.5 Å². The molecular weight excluding hydrogens is 202 g/mol. The lowest BCUT2D eigenvalue weighted by atomic mass is 10.2. The molecule has 4 heteroatoms. The quantitative estimate of drug-likeness (QED) is 0.714. The molecule has 0 radical (unpaired) electrons. The van der Waals surface area contributed by atoms with Crippen molar-refractivity contribution < 1.29 is 4.74 Å². The molecule has 1 heterocycles. The summed E-state index contributed by atoms with van der Waals surface area (Å²) in [5.41, 5.74) is 1.42. The third-order valence-electron chi connectivity index (χ3n) is 2.07. The van der Waals surface area contributed by atoms with E-state index in [1.165, 1.54) is 0 Å². The third kappa shape index (κ3) is 4.28. The molecule has 0 fully saturated rings. The zero-order valence-electron chi connectivity index (χ0n) is 9.57. The van der Waals surface area contributed by atoms with Crippen LogP contribution >= 0.6 is 0 Å². The fourth-order valence-corrected chi connectivity index (χ4v) is 1.28. The Bertz CT molecular complexity index is 346. The zero-order chi connectivity index (χ0) is 11.6. The maximum atomic E-state index is 8.85. The van der Waals surface area contributed by atoms with Crippen molar-refractivity contribution in [2.24, 2.45) is 0 Å². The Hall–Kier alpha value is -1.60. The molecule has 0 saturated heterocycles. The average molecular weight is 219 g/mol. The lowest BCUT2D eigenvalue weighted by molar-refractivity contribution is 0.134. The van der Waals surface area contributed by atoms with E-state index in [0.29, 0.717) is 5.56 Å². The second kappa shape index (κ2) is 7.66. The summed E-state index contributed by atoms with van der Waals surface area (Å²) >= 11 is 0. The van der Waals surface area contributed by atoms with Gasteiger partial charge in [0.2, 0.25) is 0 Å². The molecule has 0 unspecified atom stereocenters. The van der Waals surface area contributed by atoms with Crippen molar-refractivity contribution in [3.8, 4) is 6.07 Å². The van der Waals surface area contributed by atoms with Crippen LogP contribution in [0.25, 0.3) is 0 Å². The van der Waals surface area contributed by atoms with Crippen LogP contribution in [-0.2, 0) is 4.74 Å². The highest BCUT2D eigenvalue weighted by atomic mass is 16.5. The Kier molecular flexibility index (Phi) is 5.97. The van der Waals surface area contributed by atoms with E-state index in [1.54, 1.807) is 18.5 Å². The van der Waals surface area contributed by atoms with Gasteiger partial charge in [-0.25, -0.2) is 0 Å². The molecule has 0 atom stereocenters. The van der Waals surface area contributed by atoms with Crippen LogP contribution < -0.4 is 5.32 Å². The average Bonchev–Trinajstić information content (AvgIpc) is 2.34. The van der Waals surface area contributed by atoms with E-state index in [4.69, 9.17) is 10.00 Å². The number of hydrogen-bond acceptors (Lipinski definition) is 4. The smallest absolute Gasteiger partial charge is 0.101 e. The molecule has 0 bridgehead atoms. The van der Waals surface area contributed by atoms with Crippen LogP contribution in [0.2, 0.25) is 0 Å². The van der Waals surface area contributed by atoms with Gasteiger partial charge in [0.25, 0.3) is 0 Å².